The molecule has 0 radical (unpaired) electrons. The second-order valence-corrected chi connectivity index (χ2v) is 7.40. The SMILES string of the molecule is CON1CCC2(CC1)Cc1cc(-c3ccc4ccnn4c3C)ccc1O2. The van der Waals surface area contributed by atoms with Crippen molar-refractivity contribution in [3.05, 3.63) is 53.9 Å². The van der Waals surface area contributed by atoms with E-state index < -0.39 is 0 Å². The van der Waals surface area contributed by atoms with E-state index >= 15 is 0 Å². The van der Waals surface area contributed by atoms with Gasteiger partial charge in [0.2, 0.25) is 0 Å². The molecule has 0 N–H and O–H groups in total. The fourth-order valence-electron chi connectivity index (χ4n) is 4.38. The number of piperidine rings is 1. The number of hydroxylamine groups is 2. The van der Waals surface area contributed by atoms with Crippen LogP contribution in [-0.2, 0) is 11.3 Å². The molecule has 2 aliphatic rings. The Morgan fingerprint density at radius 3 is 2.77 bits per heavy atom. The molecule has 1 aromatic carbocycles. The molecule has 2 aromatic heterocycles. The standard InChI is InChI=1S/C21H23N3O2/c1-15-19(5-4-18-7-10-22-24(15)18)16-3-6-20-17(13-16)14-21(26-20)8-11-23(25-2)12-9-21/h3-7,10,13H,8-9,11-12,14H2,1-2H3. The first kappa shape index (κ1) is 15.9. The van der Waals surface area contributed by atoms with Gasteiger partial charge in [0, 0.05) is 49.8 Å². The van der Waals surface area contributed by atoms with Crippen molar-refractivity contribution in [3.8, 4) is 16.9 Å². The van der Waals surface area contributed by atoms with Crippen LogP contribution in [0.3, 0.4) is 0 Å². The van der Waals surface area contributed by atoms with Gasteiger partial charge in [0.25, 0.3) is 0 Å². The third-order valence-corrected chi connectivity index (χ3v) is 5.90. The van der Waals surface area contributed by atoms with Crippen molar-refractivity contribution in [1.82, 2.24) is 14.7 Å². The summed E-state index contributed by atoms with van der Waals surface area (Å²) in [5, 5.41) is 6.46. The summed E-state index contributed by atoms with van der Waals surface area (Å²) >= 11 is 0. The van der Waals surface area contributed by atoms with Crippen molar-refractivity contribution in [2.45, 2.75) is 31.8 Å². The molecule has 2 aliphatic heterocycles. The highest BCUT2D eigenvalue weighted by molar-refractivity contribution is 5.70. The Hall–Kier alpha value is -2.37. The number of ether oxygens (including phenoxy) is 1. The van der Waals surface area contributed by atoms with Crippen molar-refractivity contribution < 1.29 is 9.57 Å². The molecule has 0 saturated carbocycles. The zero-order chi connectivity index (χ0) is 17.7. The molecule has 0 amide bonds. The maximum Gasteiger partial charge on any atom is 0.123 e. The molecule has 1 saturated heterocycles. The van der Waals surface area contributed by atoms with Crippen LogP contribution in [-0.4, -0.2) is 40.5 Å². The smallest absolute Gasteiger partial charge is 0.123 e. The summed E-state index contributed by atoms with van der Waals surface area (Å²) in [5.41, 5.74) is 5.99. The zero-order valence-corrected chi connectivity index (χ0v) is 15.2. The van der Waals surface area contributed by atoms with E-state index in [-0.39, 0.29) is 5.60 Å². The van der Waals surface area contributed by atoms with Gasteiger partial charge in [0.05, 0.1) is 12.6 Å². The Labute approximate surface area is 153 Å². The number of rotatable bonds is 2. The highest BCUT2D eigenvalue weighted by Crippen LogP contribution is 2.42. The predicted octanol–water partition coefficient (Wildman–Crippen LogP) is 3.64. The van der Waals surface area contributed by atoms with Crippen LogP contribution in [0, 0.1) is 6.92 Å². The van der Waals surface area contributed by atoms with Crippen molar-refractivity contribution >= 4 is 5.52 Å². The van der Waals surface area contributed by atoms with Crippen LogP contribution >= 0.6 is 0 Å². The molecular weight excluding hydrogens is 326 g/mol. The van der Waals surface area contributed by atoms with E-state index in [1.54, 1.807) is 7.11 Å². The van der Waals surface area contributed by atoms with Crippen LogP contribution in [0.5, 0.6) is 5.75 Å². The van der Waals surface area contributed by atoms with Crippen molar-refractivity contribution in [2.75, 3.05) is 20.2 Å². The van der Waals surface area contributed by atoms with Crippen molar-refractivity contribution in [2.24, 2.45) is 0 Å². The van der Waals surface area contributed by atoms with Crippen LogP contribution in [0.1, 0.15) is 24.1 Å². The lowest BCUT2D eigenvalue weighted by Gasteiger charge is -2.37. The number of benzene rings is 1. The average Bonchev–Trinajstić information content (AvgIpc) is 3.27. The van der Waals surface area contributed by atoms with Gasteiger partial charge in [-0.1, -0.05) is 12.1 Å². The largest absolute Gasteiger partial charge is 0.487 e. The number of hydrogen-bond donors (Lipinski definition) is 0. The van der Waals surface area contributed by atoms with Gasteiger partial charge < -0.3 is 9.57 Å². The van der Waals surface area contributed by atoms with E-state index in [0.29, 0.717) is 0 Å². The van der Waals surface area contributed by atoms with Gasteiger partial charge in [-0.25, -0.2) is 4.52 Å². The Bertz CT molecular complexity index is 971. The average molecular weight is 349 g/mol. The molecule has 5 heteroatoms. The fraction of sp³-hybridized carbons (Fsp3) is 0.381. The predicted molar refractivity (Wildman–Crippen MR) is 100 cm³/mol. The molecule has 4 heterocycles. The van der Waals surface area contributed by atoms with E-state index in [0.717, 1.165) is 49.3 Å². The minimum absolute atomic E-state index is 0.0586. The summed E-state index contributed by atoms with van der Waals surface area (Å²) in [4.78, 5) is 5.36. The first-order chi connectivity index (χ1) is 12.7. The second-order valence-electron chi connectivity index (χ2n) is 7.40. The van der Waals surface area contributed by atoms with E-state index in [4.69, 9.17) is 9.57 Å². The lowest BCUT2D eigenvalue weighted by molar-refractivity contribution is -0.165. The Balaban J connectivity index is 1.47. The number of pyridine rings is 1. The molecule has 3 aromatic rings. The maximum atomic E-state index is 6.41. The summed E-state index contributed by atoms with van der Waals surface area (Å²) < 4.78 is 8.41. The van der Waals surface area contributed by atoms with Gasteiger partial charge in [0.15, 0.2) is 0 Å². The zero-order valence-electron chi connectivity index (χ0n) is 15.2. The molecule has 134 valence electrons. The van der Waals surface area contributed by atoms with Crippen molar-refractivity contribution in [1.29, 1.82) is 0 Å². The summed E-state index contributed by atoms with van der Waals surface area (Å²) in [6.07, 6.45) is 4.84. The number of aromatic nitrogens is 2. The fourth-order valence-corrected chi connectivity index (χ4v) is 4.38. The van der Waals surface area contributed by atoms with Gasteiger partial charge in [-0.15, -0.1) is 0 Å². The molecule has 1 spiro atoms. The summed E-state index contributed by atoms with van der Waals surface area (Å²) in [5.74, 6) is 1.04. The highest BCUT2D eigenvalue weighted by Gasteiger charge is 2.42. The second kappa shape index (κ2) is 5.83. The van der Waals surface area contributed by atoms with E-state index in [9.17, 15) is 0 Å². The number of fused-ring (bicyclic) bond motifs is 2. The van der Waals surface area contributed by atoms with Crippen LogP contribution in [0.15, 0.2) is 42.6 Å². The normalized spacial score (nSPS) is 19.0. The van der Waals surface area contributed by atoms with Crippen LogP contribution < -0.4 is 4.74 Å². The van der Waals surface area contributed by atoms with Gasteiger partial charge in [-0.3, -0.25) is 0 Å². The lowest BCUT2D eigenvalue weighted by Crippen LogP contribution is -2.46. The molecule has 0 atom stereocenters. The van der Waals surface area contributed by atoms with Crippen molar-refractivity contribution in [3.63, 3.8) is 0 Å². The Morgan fingerprint density at radius 1 is 1.12 bits per heavy atom. The molecular formula is C21H23N3O2. The first-order valence-electron chi connectivity index (χ1n) is 9.22. The molecule has 0 unspecified atom stereocenters. The molecule has 5 nitrogen and oxygen atoms in total. The third kappa shape index (κ3) is 2.42. The Kier molecular flexibility index (Phi) is 3.55. The summed E-state index contributed by atoms with van der Waals surface area (Å²) in [6, 6.07) is 12.9. The minimum atomic E-state index is -0.0586. The van der Waals surface area contributed by atoms with Crippen LogP contribution in [0.25, 0.3) is 16.6 Å². The molecule has 1 fully saturated rings. The van der Waals surface area contributed by atoms with Crippen LogP contribution in [0.2, 0.25) is 0 Å². The molecule has 0 bridgehead atoms. The monoisotopic (exact) mass is 349 g/mol. The molecule has 5 rings (SSSR count). The Morgan fingerprint density at radius 2 is 1.96 bits per heavy atom. The van der Waals surface area contributed by atoms with Gasteiger partial charge in [0.1, 0.15) is 11.4 Å². The third-order valence-electron chi connectivity index (χ3n) is 5.90. The van der Waals surface area contributed by atoms with Gasteiger partial charge in [-0.2, -0.15) is 10.2 Å². The first-order valence-corrected chi connectivity index (χ1v) is 9.22. The number of nitrogens with zero attached hydrogens (tertiary/aromatic N) is 3. The molecule has 26 heavy (non-hydrogen) atoms. The quantitative estimate of drug-likeness (QED) is 0.708. The topological polar surface area (TPSA) is 39.0 Å². The van der Waals surface area contributed by atoms with Gasteiger partial charge in [-0.05, 0) is 42.3 Å². The summed E-state index contributed by atoms with van der Waals surface area (Å²) in [6.45, 7) is 3.97. The summed E-state index contributed by atoms with van der Waals surface area (Å²) in [7, 11) is 1.74. The van der Waals surface area contributed by atoms with E-state index in [1.165, 1.54) is 16.7 Å². The number of aryl methyl sites for hydroxylation is 1. The molecule has 0 aliphatic carbocycles. The minimum Gasteiger partial charge on any atom is -0.487 e. The lowest BCUT2D eigenvalue weighted by atomic mass is 9.87. The van der Waals surface area contributed by atoms with Gasteiger partial charge >= 0.3 is 0 Å². The number of hydrogen-bond acceptors (Lipinski definition) is 4. The van der Waals surface area contributed by atoms with E-state index in [1.807, 2.05) is 21.8 Å². The van der Waals surface area contributed by atoms with E-state index in [2.05, 4.69) is 42.4 Å². The highest BCUT2D eigenvalue weighted by atomic mass is 16.7. The maximum absolute atomic E-state index is 6.41. The van der Waals surface area contributed by atoms with Crippen LogP contribution in [0.4, 0.5) is 0 Å².